The highest BCUT2D eigenvalue weighted by Crippen LogP contribution is 2.23. The number of hydrogen-bond acceptors (Lipinski definition) is 7. The van der Waals surface area contributed by atoms with Gasteiger partial charge >= 0.3 is 0 Å². The largest absolute Gasteiger partial charge is 0.394 e. The lowest BCUT2D eigenvalue weighted by molar-refractivity contribution is 0.222. The molecular formula is C12H17N5O2S. The average molecular weight is 295 g/mol. The zero-order valence-corrected chi connectivity index (χ0v) is 12.1. The molecule has 1 aliphatic heterocycles. The van der Waals surface area contributed by atoms with Crippen LogP contribution in [0.2, 0.25) is 0 Å². The second-order valence-electron chi connectivity index (χ2n) is 4.75. The Bertz CT molecular complexity index is 582. The zero-order valence-electron chi connectivity index (χ0n) is 11.3. The molecule has 20 heavy (non-hydrogen) atoms. The first-order chi connectivity index (χ1) is 9.80. The molecule has 0 bridgehead atoms. The van der Waals surface area contributed by atoms with Gasteiger partial charge in [-0.3, -0.25) is 9.58 Å². The molecule has 7 nitrogen and oxygen atoms in total. The van der Waals surface area contributed by atoms with Gasteiger partial charge in [0, 0.05) is 18.7 Å². The Hall–Kier alpha value is -1.38. The third-order valence-corrected chi connectivity index (χ3v) is 3.80. The molecule has 0 radical (unpaired) electrons. The molecule has 0 saturated carbocycles. The SMILES string of the molecule is CSCc1noc(CN2Cc3cnn(CCO)c3C2)n1. The van der Waals surface area contributed by atoms with Crippen molar-refractivity contribution >= 4 is 11.8 Å². The number of hydrogen-bond donors (Lipinski definition) is 1. The van der Waals surface area contributed by atoms with Gasteiger partial charge in [-0.05, 0) is 6.26 Å². The summed E-state index contributed by atoms with van der Waals surface area (Å²) in [6.45, 7) is 2.93. The zero-order chi connectivity index (χ0) is 13.9. The number of aromatic nitrogens is 4. The molecule has 1 aliphatic rings. The molecular weight excluding hydrogens is 278 g/mol. The van der Waals surface area contributed by atoms with E-state index in [1.54, 1.807) is 11.8 Å². The molecule has 0 aromatic carbocycles. The fraction of sp³-hybridized carbons (Fsp3) is 0.583. The van der Waals surface area contributed by atoms with Crippen LogP contribution in [0.5, 0.6) is 0 Å². The first-order valence-corrected chi connectivity index (χ1v) is 7.86. The predicted molar refractivity (Wildman–Crippen MR) is 73.8 cm³/mol. The molecule has 2 aromatic heterocycles. The van der Waals surface area contributed by atoms with E-state index >= 15 is 0 Å². The molecule has 0 spiro atoms. The lowest BCUT2D eigenvalue weighted by Gasteiger charge is -2.12. The van der Waals surface area contributed by atoms with Gasteiger partial charge in [-0.2, -0.15) is 21.8 Å². The highest BCUT2D eigenvalue weighted by Gasteiger charge is 2.24. The van der Waals surface area contributed by atoms with E-state index in [0.29, 0.717) is 19.0 Å². The minimum atomic E-state index is 0.107. The van der Waals surface area contributed by atoms with Gasteiger partial charge in [0.1, 0.15) is 0 Å². The Labute approximate surface area is 121 Å². The topological polar surface area (TPSA) is 80.2 Å². The van der Waals surface area contributed by atoms with Crippen molar-refractivity contribution < 1.29 is 9.63 Å². The molecule has 108 valence electrons. The number of aliphatic hydroxyl groups excluding tert-OH is 1. The van der Waals surface area contributed by atoms with E-state index in [4.69, 9.17) is 9.63 Å². The molecule has 1 N–H and O–H groups in total. The van der Waals surface area contributed by atoms with E-state index in [1.807, 2.05) is 17.1 Å². The molecule has 8 heteroatoms. The first-order valence-electron chi connectivity index (χ1n) is 6.47. The summed E-state index contributed by atoms with van der Waals surface area (Å²) in [7, 11) is 0. The van der Waals surface area contributed by atoms with Gasteiger partial charge in [-0.15, -0.1) is 0 Å². The smallest absolute Gasteiger partial charge is 0.240 e. The van der Waals surface area contributed by atoms with Crippen molar-refractivity contribution in [3.8, 4) is 0 Å². The second kappa shape index (κ2) is 5.94. The van der Waals surface area contributed by atoms with Crippen molar-refractivity contribution in [3.63, 3.8) is 0 Å². The lowest BCUT2D eigenvalue weighted by Crippen LogP contribution is -2.18. The molecule has 0 amide bonds. The molecule has 3 rings (SSSR count). The minimum absolute atomic E-state index is 0.107. The molecule has 0 aliphatic carbocycles. The quantitative estimate of drug-likeness (QED) is 0.837. The van der Waals surface area contributed by atoms with E-state index < -0.39 is 0 Å². The monoisotopic (exact) mass is 295 g/mol. The molecule has 2 aromatic rings. The highest BCUT2D eigenvalue weighted by molar-refractivity contribution is 7.97. The summed E-state index contributed by atoms with van der Waals surface area (Å²) in [5, 5.41) is 17.2. The molecule has 0 unspecified atom stereocenters. The van der Waals surface area contributed by atoms with Gasteiger partial charge in [-0.1, -0.05) is 5.16 Å². The van der Waals surface area contributed by atoms with E-state index in [0.717, 1.165) is 24.7 Å². The van der Waals surface area contributed by atoms with Crippen LogP contribution in [0.3, 0.4) is 0 Å². The van der Waals surface area contributed by atoms with Gasteiger partial charge in [0.25, 0.3) is 0 Å². The highest BCUT2D eigenvalue weighted by atomic mass is 32.2. The Morgan fingerprint density at radius 3 is 3.15 bits per heavy atom. The number of rotatable bonds is 6. The fourth-order valence-corrected chi connectivity index (χ4v) is 2.78. The van der Waals surface area contributed by atoms with Crippen LogP contribution in [-0.2, 0) is 31.9 Å². The van der Waals surface area contributed by atoms with Crippen LogP contribution in [0, 0.1) is 0 Å². The maximum Gasteiger partial charge on any atom is 0.240 e. The van der Waals surface area contributed by atoms with Crippen molar-refractivity contribution in [3.05, 3.63) is 29.2 Å². The normalized spacial score (nSPS) is 14.9. The number of nitrogens with zero attached hydrogens (tertiary/aromatic N) is 5. The lowest BCUT2D eigenvalue weighted by atomic mass is 10.3. The summed E-state index contributed by atoms with van der Waals surface area (Å²) in [6, 6.07) is 0. The van der Waals surface area contributed by atoms with E-state index in [9.17, 15) is 0 Å². The summed E-state index contributed by atoms with van der Waals surface area (Å²) in [4.78, 5) is 6.60. The van der Waals surface area contributed by atoms with Crippen LogP contribution in [0.4, 0.5) is 0 Å². The van der Waals surface area contributed by atoms with Gasteiger partial charge < -0.3 is 9.63 Å². The van der Waals surface area contributed by atoms with Gasteiger partial charge in [-0.25, -0.2) is 0 Å². The molecule has 0 saturated heterocycles. The van der Waals surface area contributed by atoms with E-state index in [2.05, 4.69) is 20.1 Å². The number of aliphatic hydroxyl groups is 1. The third-order valence-electron chi connectivity index (χ3n) is 3.26. The Kier molecular flexibility index (Phi) is 4.04. The standard InChI is InChI=1S/C12H17N5O2S/c1-20-8-11-14-12(19-15-11)7-16-5-9-4-13-17(2-3-18)10(9)6-16/h4,18H,2-3,5-8H2,1H3. The Morgan fingerprint density at radius 1 is 1.45 bits per heavy atom. The van der Waals surface area contributed by atoms with E-state index in [1.165, 1.54) is 11.3 Å². The summed E-state index contributed by atoms with van der Waals surface area (Å²) in [5.74, 6) is 2.17. The van der Waals surface area contributed by atoms with Crippen LogP contribution in [0.15, 0.2) is 10.7 Å². The summed E-state index contributed by atoms with van der Waals surface area (Å²) in [5.41, 5.74) is 2.38. The van der Waals surface area contributed by atoms with Gasteiger partial charge in [0.15, 0.2) is 5.82 Å². The van der Waals surface area contributed by atoms with Crippen LogP contribution in [-0.4, -0.2) is 42.8 Å². The fourth-order valence-electron chi connectivity index (χ4n) is 2.41. The van der Waals surface area contributed by atoms with Crippen molar-refractivity contribution in [2.75, 3.05) is 12.9 Å². The number of thioether (sulfide) groups is 1. The van der Waals surface area contributed by atoms with Crippen LogP contribution in [0.25, 0.3) is 0 Å². The second-order valence-corrected chi connectivity index (χ2v) is 5.61. The van der Waals surface area contributed by atoms with E-state index in [-0.39, 0.29) is 6.61 Å². The van der Waals surface area contributed by atoms with Gasteiger partial charge in [0.2, 0.25) is 5.89 Å². The van der Waals surface area contributed by atoms with Crippen molar-refractivity contribution in [2.24, 2.45) is 0 Å². The van der Waals surface area contributed by atoms with Crippen molar-refractivity contribution in [2.45, 2.75) is 31.9 Å². The molecule has 0 fully saturated rings. The van der Waals surface area contributed by atoms with Gasteiger partial charge in [0.05, 0.1) is 37.3 Å². The number of fused-ring (bicyclic) bond motifs is 1. The maximum absolute atomic E-state index is 9.01. The summed E-state index contributed by atoms with van der Waals surface area (Å²) >= 11 is 1.68. The van der Waals surface area contributed by atoms with Crippen LogP contribution >= 0.6 is 11.8 Å². The van der Waals surface area contributed by atoms with Crippen LogP contribution < -0.4 is 0 Å². The predicted octanol–water partition coefficient (Wildman–Crippen LogP) is 0.637. The molecule has 0 atom stereocenters. The summed E-state index contributed by atoms with van der Waals surface area (Å²) in [6.07, 6.45) is 3.89. The Morgan fingerprint density at radius 2 is 2.35 bits per heavy atom. The Balaban J connectivity index is 1.63. The third kappa shape index (κ3) is 2.72. The van der Waals surface area contributed by atoms with Crippen LogP contribution in [0.1, 0.15) is 23.0 Å². The van der Waals surface area contributed by atoms with Crippen molar-refractivity contribution in [1.82, 2.24) is 24.8 Å². The maximum atomic E-state index is 9.01. The summed E-state index contributed by atoms with van der Waals surface area (Å²) < 4.78 is 7.12. The molecule has 3 heterocycles. The first kappa shape index (κ1) is 13.6. The van der Waals surface area contributed by atoms with Crippen molar-refractivity contribution in [1.29, 1.82) is 0 Å². The minimum Gasteiger partial charge on any atom is -0.394 e. The average Bonchev–Trinajstić information content (AvgIpc) is 3.09.